The third-order valence-corrected chi connectivity index (χ3v) is 3.20. The second kappa shape index (κ2) is 5.63. The number of nitrogens with zero attached hydrogens (tertiary/aromatic N) is 6. The molecule has 1 N–H and O–H groups in total. The first-order valence-corrected chi connectivity index (χ1v) is 6.24. The van der Waals surface area contributed by atoms with Gasteiger partial charge < -0.3 is 9.67 Å². The van der Waals surface area contributed by atoms with Crippen LogP contribution in [0.1, 0.15) is 5.82 Å². The number of aromatic nitrogens is 6. The number of aryl methyl sites for hydroxylation is 2. The Balaban J connectivity index is 2.02. The molecule has 0 saturated carbocycles. The predicted octanol–water partition coefficient (Wildman–Crippen LogP) is 0.0549. The van der Waals surface area contributed by atoms with Gasteiger partial charge in [0.05, 0.1) is 18.5 Å². The molecule has 0 atom stereocenters. The van der Waals surface area contributed by atoms with Crippen molar-refractivity contribution in [2.24, 2.45) is 0 Å². The van der Waals surface area contributed by atoms with Crippen LogP contribution in [0.15, 0.2) is 17.6 Å². The van der Waals surface area contributed by atoms with Gasteiger partial charge in [-0.05, 0) is 6.92 Å². The molecule has 0 aromatic carbocycles. The fraction of sp³-hybridized carbons (Fsp3) is 0.444. The van der Waals surface area contributed by atoms with Gasteiger partial charge in [0.15, 0.2) is 5.16 Å². The first kappa shape index (κ1) is 12.6. The van der Waals surface area contributed by atoms with Crippen LogP contribution in [0.2, 0.25) is 0 Å². The molecule has 0 saturated heterocycles. The summed E-state index contributed by atoms with van der Waals surface area (Å²) in [7, 11) is 0. The van der Waals surface area contributed by atoms with Crippen molar-refractivity contribution < 1.29 is 9.90 Å². The quantitative estimate of drug-likeness (QED) is 0.739. The van der Waals surface area contributed by atoms with E-state index < -0.39 is 5.97 Å². The Kier molecular flexibility index (Phi) is 3.92. The van der Waals surface area contributed by atoms with Crippen LogP contribution >= 0.6 is 11.8 Å². The number of hydrogen-bond acceptors (Lipinski definition) is 6. The predicted molar refractivity (Wildman–Crippen MR) is 63.1 cm³/mol. The van der Waals surface area contributed by atoms with Crippen molar-refractivity contribution in [3.05, 3.63) is 18.2 Å². The number of hydrogen-bond donors (Lipinski definition) is 1. The molecule has 0 radical (unpaired) electrons. The lowest BCUT2D eigenvalue weighted by atomic mass is 10.5. The average Bonchev–Trinajstić information content (AvgIpc) is 2.94. The van der Waals surface area contributed by atoms with E-state index in [4.69, 9.17) is 5.11 Å². The summed E-state index contributed by atoms with van der Waals surface area (Å²) in [5.74, 6) is -0.145. The van der Waals surface area contributed by atoms with Gasteiger partial charge in [0, 0.05) is 12.7 Å². The maximum absolute atomic E-state index is 10.5. The highest BCUT2D eigenvalue weighted by molar-refractivity contribution is 7.99. The monoisotopic (exact) mass is 268 g/mol. The Hall–Kier alpha value is -1.90. The molecule has 2 aromatic heterocycles. The molecule has 2 heterocycles. The van der Waals surface area contributed by atoms with Gasteiger partial charge in [0.2, 0.25) is 0 Å². The summed E-state index contributed by atoms with van der Waals surface area (Å²) in [5, 5.41) is 24.7. The molecular formula is C9H12N6O2S. The van der Waals surface area contributed by atoms with Crippen LogP contribution in [0.3, 0.4) is 0 Å². The first-order valence-electron chi connectivity index (χ1n) is 5.25. The minimum Gasteiger partial charge on any atom is -0.481 e. The van der Waals surface area contributed by atoms with E-state index in [1.165, 1.54) is 0 Å². The van der Waals surface area contributed by atoms with E-state index in [-0.39, 0.29) is 5.75 Å². The Labute approximate surface area is 107 Å². The van der Waals surface area contributed by atoms with E-state index in [1.807, 2.05) is 11.5 Å². The molecule has 0 amide bonds. The van der Waals surface area contributed by atoms with Gasteiger partial charge in [-0.25, -0.2) is 0 Å². The van der Waals surface area contributed by atoms with Crippen molar-refractivity contribution in [2.45, 2.75) is 25.2 Å². The summed E-state index contributed by atoms with van der Waals surface area (Å²) in [5.41, 5.74) is 0. The van der Waals surface area contributed by atoms with Crippen LogP contribution in [0.4, 0.5) is 0 Å². The van der Waals surface area contributed by atoms with Gasteiger partial charge in [-0.2, -0.15) is 0 Å². The summed E-state index contributed by atoms with van der Waals surface area (Å²) >= 11 is 1.16. The van der Waals surface area contributed by atoms with Gasteiger partial charge in [-0.1, -0.05) is 17.0 Å². The average molecular weight is 268 g/mol. The smallest absolute Gasteiger partial charge is 0.313 e. The molecule has 0 aliphatic heterocycles. The Bertz CT molecular complexity index is 523. The second-order valence-corrected chi connectivity index (χ2v) is 4.47. The molecule has 2 aromatic rings. The number of carbonyl (C=O) groups is 1. The molecule has 9 heteroatoms. The van der Waals surface area contributed by atoms with Crippen LogP contribution in [-0.4, -0.2) is 46.6 Å². The third kappa shape index (κ3) is 3.06. The second-order valence-electron chi connectivity index (χ2n) is 3.53. The van der Waals surface area contributed by atoms with E-state index in [0.29, 0.717) is 18.2 Å². The van der Waals surface area contributed by atoms with Crippen LogP contribution in [0.5, 0.6) is 0 Å². The lowest BCUT2D eigenvalue weighted by Gasteiger charge is -2.07. The molecule has 18 heavy (non-hydrogen) atoms. The van der Waals surface area contributed by atoms with Crippen molar-refractivity contribution in [3.63, 3.8) is 0 Å². The normalized spacial score (nSPS) is 10.7. The lowest BCUT2D eigenvalue weighted by Crippen LogP contribution is -2.11. The number of carboxylic acid groups (broad SMARTS) is 1. The molecule has 0 spiro atoms. The highest BCUT2D eigenvalue weighted by Gasteiger charge is 2.11. The zero-order chi connectivity index (χ0) is 13.0. The van der Waals surface area contributed by atoms with Gasteiger partial charge >= 0.3 is 5.97 Å². The Morgan fingerprint density at radius 3 is 2.94 bits per heavy atom. The lowest BCUT2D eigenvalue weighted by molar-refractivity contribution is -0.133. The Morgan fingerprint density at radius 2 is 2.28 bits per heavy atom. The molecule has 0 aliphatic carbocycles. The highest BCUT2D eigenvalue weighted by Crippen LogP contribution is 2.16. The molecule has 0 bridgehead atoms. The maximum Gasteiger partial charge on any atom is 0.313 e. The first-order chi connectivity index (χ1) is 8.66. The van der Waals surface area contributed by atoms with Gasteiger partial charge in [0.1, 0.15) is 5.82 Å². The SMILES string of the molecule is Cc1nnc(SCC(=O)O)n1CCn1ccnn1. The number of carboxylic acids is 1. The molecule has 0 unspecified atom stereocenters. The standard InChI is InChI=1S/C9H12N6O2S/c1-7-11-12-9(18-6-8(16)17)15(7)5-4-14-3-2-10-13-14/h2-3H,4-6H2,1H3,(H,16,17). The zero-order valence-electron chi connectivity index (χ0n) is 9.72. The van der Waals surface area contributed by atoms with Gasteiger partial charge in [-0.15, -0.1) is 15.3 Å². The molecule has 0 aliphatic rings. The summed E-state index contributed by atoms with van der Waals surface area (Å²) < 4.78 is 3.57. The van der Waals surface area contributed by atoms with Crippen LogP contribution in [-0.2, 0) is 17.9 Å². The molecule has 2 rings (SSSR count). The van der Waals surface area contributed by atoms with Gasteiger partial charge in [-0.3, -0.25) is 9.48 Å². The summed E-state index contributed by atoms with van der Waals surface area (Å²) in [4.78, 5) is 10.5. The van der Waals surface area contributed by atoms with Crippen molar-refractivity contribution in [2.75, 3.05) is 5.75 Å². The largest absolute Gasteiger partial charge is 0.481 e. The number of aliphatic carboxylic acids is 1. The van der Waals surface area contributed by atoms with Crippen molar-refractivity contribution in [3.8, 4) is 0 Å². The highest BCUT2D eigenvalue weighted by atomic mass is 32.2. The topological polar surface area (TPSA) is 98.7 Å². The van der Waals surface area contributed by atoms with Gasteiger partial charge in [0.25, 0.3) is 0 Å². The molecule has 8 nitrogen and oxygen atoms in total. The van der Waals surface area contributed by atoms with E-state index >= 15 is 0 Å². The van der Waals surface area contributed by atoms with Crippen molar-refractivity contribution >= 4 is 17.7 Å². The Morgan fingerprint density at radius 1 is 1.44 bits per heavy atom. The van der Waals surface area contributed by atoms with E-state index in [2.05, 4.69) is 20.5 Å². The van der Waals surface area contributed by atoms with Crippen LogP contribution < -0.4 is 0 Å². The van der Waals surface area contributed by atoms with Crippen molar-refractivity contribution in [1.82, 2.24) is 29.8 Å². The molecule has 0 fully saturated rings. The minimum atomic E-state index is -0.872. The molecular weight excluding hydrogens is 256 g/mol. The van der Waals surface area contributed by atoms with Crippen molar-refractivity contribution in [1.29, 1.82) is 0 Å². The third-order valence-electron chi connectivity index (χ3n) is 2.25. The minimum absolute atomic E-state index is 0.0263. The number of thioether (sulfide) groups is 1. The van der Waals surface area contributed by atoms with E-state index in [9.17, 15) is 4.79 Å². The molecule has 96 valence electrons. The summed E-state index contributed by atoms with van der Waals surface area (Å²) in [6, 6.07) is 0. The van der Waals surface area contributed by atoms with Crippen LogP contribution in [0, 0.1) is 6.92 Å². The summed E-state index contributed by atoms with van der Waals surface area (Å²) in [6.45, 7) is 3.10. The van der Waals surface area contributed by atoms with E-state index in [1.54, 1.807) is 17.1 Å². The van der Waals surface area contributed by atoms with E-state index in [0.717, 1.165) is 17.6 Å². The maximum atomic E-state index is 10.5. The number of rotatable bonds is 6. The fourth-order valence-electron chi connectivity index (χ4n) is 1.41. The zero-order valence-corrected chi connectivity index (χ0v) is 10.5. The fourth-order valence-corrected chi connectivity index (χ4v) is 2.14. The van der Waals surface area contributed by atoms with Crippen LogP contribution in [0.25, 0.3) is 0 Å². The summed E-state index contributed by atoms with van der Waals surface area (Å²) in [6.07, 6.45) is 3.38.